The molecule has 1 fully saturated rings. The van der Waals surface area contributed by atoms with E-state index in [2.05, 4.69) is 48.1 Å². The number of aromatic hydroxyl groups is 1. The summed E-state index contributed by atoms with van der Waals surface area (Å²) >= 11 is 1.41. The maximum absolute atomic E-state index is 13.2. The molecule has 5 nitrogen and oxygen atoms in total. The fourth-order valence-corrected chi connectivity index (χ4v) is 4.75. The van der Waals surface area contributed by atoms with Gasteiger partial charge in [0.25, 0.3) is 0 Å². The van der Waals surface area contributed by atoms with Crippen molar-refractivity contribution in [3.05, 3.63) is 40.4 Å². The van der Waals surface area contributed by atoms with E-state index in [-0.39, 0.29) is 41.6 Å². The number of nitrogens with zero attached hydrogens (tertiary/aromatic N) is 1. The smallest absolute Gasteiger partial charge is 0.302 e. The van der Waals surface area contributed by atoms with E-state index in [4.69, 9.17) is 4.74 Å². The Bertz CT molecular complexity index is 802. The zero-order valence-corrected chi connectivity index (χ0v) is 18.7. The third-order valence-electron chi connectivity index (χ3n) is 4.66. The molecule has 0 spiro atoms. The summed E-state index contributed by atoms with van der Waals surface area (Å²) in [4.78, 5) is 25.7. The van der Waals surface area contributed by atoms with Gasteiger partial charge in [-0.3, -0.25) is 9.59 Å². The number of hydrogen-bond donors (Lipinski definition) is 1. The van der Waals surface area contributed by atoms with Crippen LogP contribution in [0.5, 0.6) is 5.75 Å². The fraction of sp³-hybridized carbons (Fsp3) is 0.545. The molecule has 28 heavy (non-hydrogen) atoms. The molecule has 154 valence electrons. The van der Waals surface area contributed by atoms with Gasteiger partial charge in [0.2, 0.25) is 5.91 Å². The predicted molar refractivity (Wildman–Crippen MR) is 113 cm³/mol. The minimum atomic E-state index is -0.430. The Hall–Kier alpha value is -1.95. The normalized spacial score (nSPS) is 18.0. The van der Waals surface area contributed by atoms with Crippen molar-refractivity contribution in [2.45, 2.75) is 64.5 Å². The van der Waals surface area contributed by atoms with Gasteiger partial charge in [0.05, 0.1) is 11.6 Å². The van der Waals surface area contributed by atoms with Crippen LogP contribution in [0.2, 0.25) is 0 Å². The molecule has 0 aliphatic carbocycles. The van der Waals surface area contributed by atoms with Crippen molar-refractivity contribution in [2.75, 3.05) is 13.2 Å². The predicted octanol–water partition coefficient (Wildman–Crippen LogP) is 4.64. The number of phenols is 1. The van der Waals surface area contributed by atoms with E-state index in [1.165, 1.54) is 18.7 Å². The molecule has 6 heteroatoms. The topological polar surface area (TPSA) is 66.8 Å². The van der Waals surface area contributed by atoms with Crippen molar-refractivity contribution < 1.29 is 19.4 Å². The van der Waals surface area contributed by atoms with Crippen molar-refractivity contribution in [2.24, 2.45) is 0 Å². The average Bonchev–Trinajstić information content (AvgIpc) is 2.80. The molecule has 1 heterocycles. The monoisotopic (exact) mass is 405 g/mol. The van der Waals surface area contributed by atoms with Crippen molar-refractivity contribution in [3.63, 3.8) is 0 Å². The van der Waals surface area contributed by atoms with Crippen LogP contribution in [-0.4, -0.2) is 35.0 Å². The summed E-state index contributed by atoms with van der Waals surface area (Å²) in [5.74, 6) is -0.190. The Morgan fingerprint density at radius 1 is 1.18 bits per heavy atom. The molecule has 0 radical (unpaired) electrons. The lowest BCUT2D eigenvalue weighted by molar-refractivity contribution is -0.142. The standard InChI is InChI=1S/C22H31NO4S/c1-13-23(11-12-27-14(2)24)20(26)19(28-13)15-9-10-16(25)18(22(6,7)8)17(15)21(3,4)5/h9-10,19,25H,1,11-12H2,2-8H3. The third kappa shape index (κ3) is 4.54. The first-order valence-electron chi connectivity index (χ1n) is 9.42. The largest absolute Gasteiger partial charge is 0.508 e. The van der Waals surface area contributed by atoms with E-state index in [0.717, 1.165) is 16.7 Å². The molecule has 0 bridgehead atoms. The zero-order chi connectivity index (χ0) is 21.4. The number of thioether (sulfide) groups is 1. The van der Waals surface area contributed by atoms with E-state index in [1.54, 1.807) is 11.0 Å². The van der Waals surface area contributed by atoms with Crippen LogP contribution in [0, 0.1) is 0 Å². The summed E-state index contributed by atoms with van der Waals surface area (Å²) in [6, 6.07) is 3.53. The SMILES string of the molecule is C=C1SC(c2ccc(O)c(C(C)(C)C)c2C(C)(C)C)C(=O)N1CCOC(C)=O. The highest BCUT2D eigenvalue weighted by Crippen LogP contribution is 2.50. The van der Waals surface area contributed by atoms with Crippen LogP contribution in [0.4, 0.5) is 0 Å². The van der Waals surface area contributed by atoms with Crippen LogP contribution >= 0.6 is 11.8 Å². The first-order chi connectivity index (χ1) is 12.7. The molecular formula is C22H31NO4S. The summed E-state index contributed by atoms with van der Waals surface area (Å²) in [5.41, 5.74) is 2.24. The Balaban J connectivity index is 2.50. The van der Waals surface area contributed by atoms with Gasteiger partial charge in [-0.25, -0.2) is 0 Å². The minimum absolute atomic E-state index is 0.0711. The van der Waals surface area contributed by atoms with E-state index >= 15 is 0 Å². The molecule has 1 atom stereocenters. The van der Waals surface area contributed by atoms with Crippen molar-refractivity contribution in [3.8, 4) is 5.75 Å². The fourth-order valence-electron chi connectivity index (χ4n) is 3.62. The number of carbonyl (C=O) groups is 2. The highest BCUT2D eigenvalue weighted by molar-refractivity contribution is 8.04. The van der Waals surface area contributed by atoms with Crippen LogP contribution < -0.4 is 0 Å². The Morgan fingerprint density at radius 2 is 1.75 bits per heavy atom. The van der Waals surface area contributed by atoms with Crippen LogP contribution in [-0.2, 0) is 25.2 Å². The number of carbonyl (C=O) groups excluding carboxylic acids is 2. The van der Waals surface area contributed by atoms with Gasteiger partial charge in [-0.05, 0) is 28.0 Å². The van der Waals surface area contributed by atoms with Gasteiger partial charge < -0.3 is 14.7 Å². The summed E-state index contributed by atoms with van der Waals surface area (Å²) in [6.45, 7) is 18.3. The van der Waals surface area contributed by atoms with Crippen LogP contribution in [0.3, 0.4) is 0 Å². The van der Waals surface area contributed by atoms with Crippen LogP contribution in [0.15, 0.2) is 23.7 Å². The molecule has 1 aliphatic heterocycles. The van der Waals surface area contributed by atoms with Crippen LogP contribution in [0.25, 0.3) is 0 Å². The molecule has 1 aliphatic rings. The van der Waals surface area contributed by atoms with Crippen molar-refractivity contribution in [1.29, 1.82) is 0 Å². The lowest BCUT2D eigenvalue weighted by Gasteiger charge is -2.34. The summed E-state index contributed by atoms with van der Waals surface area (Å²) in [5, 5.41) is 10.8. The molecule has 1 unspecified atom stereocenters. The summed E-state index contributed by atoms with van der Waals surface area (Å²) < 4.78 is 4.98. The average molecular weight is 406 g/mol. The summed E-state index contributed by atoms with van der Waals surface area (Å²) in [6.07, 6.45) is 0. The number of hydrogen-bond acceptors (Lipinski definition) is 5. The maximum atomic E-state index is 13.2. The Morgan fingerprint density at radius 3 is 2.25 bits per heavy atom. The first kappa shape index (κ1) is 22.3. The van der Waals surface area contributed by atoms with Crippen molar-refractivity contribution >= 4 is 23.6 Å². The van der Waals surface area contributed by atoms with E-state index in [9.17, 15) is 14.7 Å². The molecular weight excluding hydrogens is 374 g/mol. The molecule has 1 saturated heterocycles. The van der Waals surface area contributed by atoms with Gasteiger partial charge in [-0.2, -0.15) is 0 Å². The molecule has 1 N–H and O–H groups in total. The van der Waals surface area contributed by atoms with Gasteiger partial charge in [-0.1, -0.05) is 65.9 Å². The number of esters is 1. The molecule has 1 aromatic rings. The summed E-state index contributed by atoms with van der Waals surface area (Å²) in [7, 11) is 0. The first-order valence-corrected chi connectivity index (χ1v) is 10.3. The van der Waals surface area contributed by atoms with Gasteiger partial charge in [0.1, 0.15) is 17.6 Å². The van der Waals surface area contributed by atoms with Crippen LogP contribution in [0.1, 0.15) is 70.4 Å². The number of amides is 1. The van der Waals surface area contributed by atoms with E-state index in [1.807, 2.05) is 6.07 Å². The van der Waals surface area contributed by atoms with Crippen molar-refractivity contribution in [1.82, 2.24) is 4.90 Å². The molecule has 1 aromatic carbocycles. The minimum Gasteiger partial charge on any atom is -0.508 e. The molecule has 2 rings (SSSR count). The van der Waals surface area contributed by atoms with Gasteiger partial charge in [0, 0.05) is 12.5 Å². The number of phenolic OH excluding ortho intramolecular Hbond substituents is 1. The van der Waals surface area contributed by atoms with Gasteiger partial charge >= 0.3 is 5.97 Å². The quantitative estimate of drug-likeness (QED) is 0.739. The highest BCUT2D eigenvalue weighted by Gasteiger charge is 2.41. The second-order valence-corrected chi connectivity index (χ2v) is 10.3. The molecule has 0 saturated carbocycles. The zero-order valence-electron chi connectivity index (χ0n) is 17.9. The second-order valence-electron chi connectivity index (χ2n) is 9.15. The number of benzene rings is 1. The van der Waals surface area contributed by atoms with E-state index in [0.29, 0.717) is 5.03 Å². The number of ether oxygens (including phenoxy) is 1. The number of rotatable bonds is 4. The maximum Gasteiger partial charge on any atom is 0.302 e. The lowest BCUT2D eigenvalue weighted by Crippen LogP contribution is -2.31. The van der Waals surface area contributed by atoms with Gasteiger partial charge in [-0.15, -0.1) is 0 Å². The van der Waals surface area contributed by atoms with Gasteiger partial charge in [0.15, 0.2) is 0 Å². The Labute approximate surface area is 172 Å². The highest BCUT2D eigenvalue weighted by atomic mass is 32.2. The Kier molecular flexibility index (Phi) is 6.24. The van der Waals surface area contributed by atoms with E-state index < -0.39 is 5.25 Å². The second kappa shape index (κ2) is 7.82. The molecule has 0 aromatic heterocycles. The lowest BCUT2D eigenvalue weighted by atomic mass is 9.72. The molecule has 1 amide bonds. The third-order valence-corrected chi connectivity index (χ3v) is 5.85.